The summed E-state index contributed by atoms with van der Waals surface area (Å²) in [5.41, 5.74) is 1.45. The van der Waals surface area contributed by atoms with E-state index in [0.29, 0.717) is 35.3 Å². The Hall–Kier alpha value is -2.64. The third kappa shape index (κ3) is 6.44. The molecule has 0 aliphatic heterocycles. The lowest BCUT2D eigenvalue weighted by Gasteiger charge is -2.17. The molecule has 4 nitrogen and oxygen atoms in total. The van der Waals surface area contributed by atoms with Crippen molar-refractivity contribution < 1.29 is 23.1 Å². The maximum Gasteiger partial charge on any atom is 0.416 e. The van der Waals surface area contributed by atoms with Crippen molar-refractivity contribution >= 4 is 11.9 Å². The third-order valence-electron chi connectivity index (χ3n) is 4.19. The standard InChI is InChI=1S/C22H25F3N2O2/c1-26(2)13-17-11-16(12-18(21(17)29)14-27(3)4)20(28)10-7-15-5-8-19(9-6-15)22(23,24)25/h5-12,29H,13-14H2,1-4H3/b10-7+. The Morgan fingerprint density at radius 3 is 1.86 bits per heavy atom. The van der Waals surface area contributed by atoms with Crippen molar-refractivity contribution in [3.8, 4) is 5.75 Å². The average molecular weight is 406 g/mol. The van der Waals surface area contributed by atoms with Gasteiger partial charge >= 0.3 is 6.18 Å². The summed E-state index contributed by atoms with van der Waals surface area (Å²) in [5, 5.41) is 10.5. The SMILES string of the molecule is CN(C)Cc1cc(C(=O)/C=C/c2ccc(C(F)(F)F)cc2)cc(CN(C)C)c1O. The van der Waals surface area contributed by atoms with Gasteiger partial charge in [0.05, 0.1) is 5.56 Å². The van der Waals surface area contributed by atoms with E-state index in [0.717, 1.165) is 12.1 Å². The maximum atomic E-state index is 12.7. The number of alkyl halides is 3. The van der Waals surface area contributed by atoms with Gasteiger partial charge in [0.2, 0.25) is 0 Å². The normalized spacial score (nSPS) is 12.3. The molecule has 0 aliphatic carbocycles. The van der Waals surface area contributed by atoms with Gasteiger partial charge in [0.1, 0.15) is 5.75 Å². The van der Waals surface area contributed by atoms with Crippen LogP contribution in [-0.2, 0) is 19.3 Å². The highest BCUT2D eigenvalue weighted by molar-refractivity contribution is 6.07. The number of allylic oxidation sites excluding steroid dienone is 1. The molecule has 156 valence electrons. The van der Waals surface area contributed by atoms with Crippen molar-refractivity contribution in [2.24, 2.45) is 0 Å². The molecule has 7 heteroatoms. The summed E-state index contributed by atoms with van der Waals surface area (Å²) in [6.07, 6.45) is -1.59. The summed E-state index contributed by atoms with van der Waals surface area (Å²) in [5.74, 6) is -0.124. The largest absolute Gasteiger partial charge is 0.507 e. The van der Waals surface area contributed by atoms with Crippen LogP contribution in [0.4, 0.5) is 13.2 Å². The lowest BCUT2D eigenvalue weighted by atomic mass is 9.99. The van der Waals surface area contributed by atoms with E-state index in [1.165, 1.54) is 24.3 Å². The number of benzene rings is 2. The molecule has 1 N–H and O–H groups in total. The van der Waals surface area contributed by atoms with Crippen molar-refractivity contribution in [1.82, 2.24) is 9.80 Å². The van der Waals surface area contributed by atoms with E-state index in [4.69, 9.17) is 0 Å². The summed E-state index contributed by atoms with van der Waals surface area (Å²) >= 11 is 0. The monoisotopic (exact) mass is 406 g/mol. The van der Waals surface area contributed by atoms with E-state index in [1.54, 1.807) is 12.1 Å². The summed E-state index contributed by atoms with van der Waals surface area (Å²) in [6, 6.07) is 7.89. The summed E-state index contributed by atoms with van der Waals surface area (Å²) in [4.78, 5) is 16.4. The summed E-state index contributed by atoms with van der Waals surface area (Å²) < 4.78 is 37.9. The Bertz CT molecular complexity index is 855. The van der Waals surface area contributed by atoms with Gasteiger partial charge in [-0.05, 0) is 64.1 Å². The van der Waals surface area contributed by atoms with E-state index in [2.05, 4.69) is 0 Å². The molecule has 0 heterocycles. The Balaban J connectivity index is 2.30. The molecular formula is C22H25F3N2O2. The van der Waals surface area contributed by atoms with Gasteiger partial charge < -0.3 is 14.9 Å². The second-order valence-electron chi connectivity index (χ2n) is 7.44. The molecule has 2 aromatic rings. The van der Waals surface area contributed by atoms with E-state index in [1.807, 2.05) is 38.0 Å². The van der Waals surface area contributed by atoms with Crippen LogP contribution in [0.2, 0.25) is 0 Å². The van der Waals surface area contributed by atoms with E-state index >= 15 is 0 Å². The van der Waals surface area contributed by atoms with Crippen LogP contribution in [0.5, 0.6) is 5.75 Å². The van der Waals surface area contributed by atoms with E-state index in [9.17, 15) is 23.1 Å². The van der Waals surface area contributed by atoms with Crippen LogP contribution in [0.1, 0.15) is 32.6 Å². The number of hydrogen-bond donors (Lipinski definition) is 1. The van der Waals surface area contributed by atoms with Gasteiger partial charge in [0.15, 0.2) is 5.78 Å². The number of carbonyl (C=O) groups excluding carboxylic acids is 1. The highest BCUT2D eigenvalue weighted by atomic mass is 19.4. The zero-order valence-corrected chi connectivity index (χ0v) is 16.9. The molecule has 0 radical (unpaired) electrons. The highest BCUT2D eigenvalue weighted by Crippen LogP contribution is 2.29. The number of hydrogen-bond acceptors (Lipinski definition) is 4. The number of phenolic OH excluding ortho intramolecular Hbond substituents is 1. The predicted molar refractivity (Wildman–Crippen MR) is 108 cm³/mol. The van der Waals surface area contributed by atoms with Crippen LogP contribution in [0, 0.1) is 0 Å². The fourth-order valence-corrected chi connectivity index (χ4v) is 2.88. The topological polar surface area (TPSA) is 43.8 Å². The first-order valence-corrected chi connectivity index (χ1v) is 9.01. The molecule has 0 spiro atoms. The van der Waals surface area contributed by atoms with Crippen LogP contribution in [0.15, 0.2) is 42.5 Å². The minimum Gasteiger partial charge on any atom is -0.507 e. The van der Waals surface area contributed by atoms with Crippen molar-refractivity contribution in [3.05, 3.63) is 70.3 Å². The van der Waals surface area contributed by atoms with Crippen molar-refractivity contribution in [1.29, 1.82) is 0 Å². The van der Waals surface area contributed by atoms with Crippen LogP contribution in [0.3, 0.4) is 0 Å². The van der Waals surface area contributed by atoms with Crippen LogP contribution < -0.4 is 0 Å². The van der Waals surface area contributed by atoms with Crippen molar-refractivity contribution in [2.45, 2.75) is 19.3 Å². The number of aromatic hydroxyl groups is 1. The summed E-state index contributed by atoms with van der Waals surface area (Å²) in [6.45, 7) is 0.937. The average Bonchev–Trinajstić information content (AvgIpc) is 2.61. The van der Waals surface area contributed by atoms with Gasteiger partial charge in [-0.25, -0.2) is 0 Å². The first-order valence-electron chi connectivity index (χ1n) is 9.01. The molecule has 0 bridgehead atoms. The quantitative estimate of drug-likeness (QED) is 0.546. The Morgan fingerprint density at radius 1 is 0.966 bits per heavy atom. The van der Waals surface area contributed by atoms with Crippen molar-refractivity contribution in [2.75, 3.05) is 28.2 Å². The molecule has 2 rings (SSSR count). The minimum atomic E-state index is -4.39. The Morgan fingerprint density at radius 2 is 1.45 bits per heavy atom. The number of rotatable bonds is 7. The zero-order chi connectivity index (χ0) is 21.8. The van der Waals surface area contributed by atoms with Gasteiger partial charge in [-0.2, -0.15) is 13.2 Å². The Labute approximate surface area is 168 Å². The minimum absolute atomic E-state index is 0.163. The smallest absolute Gasteiger partial charge is 0.416 e. The predicted octanol–water partition coefficient (Wildman–Crippen LogP) is 4.43. The molecular weight excluding hydrogens is 381 g/mol. The van der Waals surface area contributed by atoms with Gasteiger partial charge in [0.25, 0.3) is 0 Å². The van der Waals surface area contributed by atoms with Crippen LogP contribution >= 0.6 is 0 Å². The Kier molecular flexibility index (Phi) is 7.21. The molecule has 0 fully saturated rings. The first-order chi connectivity index (χ1) is 13.5. The van der Waals surface area contributed by atoms with Gasteiger partial charge in [-0.15, -0.1) is 0 Å². The second kappa shape index (κ2) is 9.24. The van der Waals surface area contributed by atoms with E-state index < -0.39 is 11.7 Å². The van der Waals surface area contributed by atoms with Gasteiger partial charge in [-0.3, -0.25) is 4.79 Å². The lowest BCUT2D eigenvalue weighted by molar-refractivity contribution is -0.137. The molecule has 0 saturated carbocycles. The second-order valence-corrected chi connectivity index (χ2v) is 7.44. The molecule has 0 atom stereocenters. The van der Waals surface area contributed by atoms with E-state index in [-0.39, 0.29) is 11.5 Å². The molecule has 0 amide bonds. The fourth-order valence-electron chi connectivity index (χ4n) is 2.88. The molecule has 2 aromatic carbocycles. The van der Waals surface area contributed by atoms with Crippen molar-refractivity contribution in [3.63, 3.8) is 0 Å². The maximum absolute atomic E-state index is 12.7. The molecule has 0 saturated heterocycles. The molecule has 0 aromatic heterocycles. The zero-order valence-electron chi connectivity index (χ0n) is 16.9. The number of carbonyl (C=O) groups is 1. The summed E-state index contributed by atoms with van der Waals surface area (Å²) in [7, 11) is 7.46. The molecule has 29 heavy (non-hydrogen) atoms. The van der Waals surface area contributed by atoms with Crippen LogP contribution in [-0.4, -0.2) is 48.9 Å². The number of ketones is 1. The number of phenols is 1. The van der Waals surface area contributed by atoms with Crippen LogP contribution in [0.25, 0.3) is 6.08 Å². The fraction of sp³-hybridized carbons (Fsp3) is 0.318. The molecule has 0 aliphatic rings. The van der Waals surface area contributed by atoms with Gasteiger partial charge in [0, 0.05) is 29.8 Å². The van der Waals surface area contributed by atoms with Gasteiger partial charge in [-0.1, -0.05) is 18.2 Å². The first kappa shape index (κ1) is 22.6. The molecule has 0 unspecified atom stereocenters. The number of nitrogens with zero attached hydrogens (tertiary/aromatic N) is 2. The lowest BCUT2D eigenvalue weighted by Crippen LogP contribution is -2.15. The highest BCUT2D eigenvalue weighted by Gasteiger charge is 2.29. The third-order valence-corrected chi connectivity index (χ3v) is 4.19. The number of halogens is 3.